The molecule has 0 spiro atoms. The lowest BCUT2D eigenvalue weighted by molar-refractivity contribution is -0.143. The van der Waals surface area contributed by atoms with Crippen molar-refractivity contribution in [2.45, 2.75) is 12.2 Å². The molecule has 1 atom stereocenters. The van der Waals surface area contributed by atoms with Crippen LogP contribution in [0.3, 0.4) is 0 Å². The van der Waals surface area contributed by atoms with Crippen LogP contribution in [0.15, 0.2) is 45.3 Å². The number of hydrogen-bond donors (Lipinski definition) is 3. The van der Waals surface area contributed by atoms with Gasteiger partial charge in [-0.1, -0.05) is 12.1 Å². The summed E-state index contributed by atoms with van der Waals surface area (Å²) < 4.78 is 40.5. The fraction of sp³-hybridized carbons (Fsp3) is 0.211. The number of benzene rings is 1. The lowest BCUT2D eigenvalue weighted by atomic mass is 10.1. The van der Waals surface area contributed by atoms with Crippen LogP contribution < -0.4 is 21.5 Å². The quantitative estimate of drug-likeness (QED) is 0.403. The fourth-order valence-corrected chi connectivity index (χ4v) is 3.56. The highest BCUT2D eigenvalue weighted by molar-refractivity contribution is 7.10. The van der Waals surface area contributed by atoms with Gasteiger partial charge in [-0.2, -0.15) is 13.2 Å². The van der Waals surface area contributed by atoms with Crippen LogP contribution in [-0.2, 0) is 0 Å². The lowest BCUT2D eigenvalue weighted by Gasteiger charge is -2.24. The molecule has 0 aliphatic carbocycles. The standard InChI is InChI=1S/C19H16F3N3O4S/c1-25(2)18(29)9-5-3-6-10(14(9)26)23-12-13(16(28)15(12)27)24-17(19(20,21)22)11-7-4-8-30-11/h3-8,17,23-24,26H,1-2H3. The Morgan fingerprint density at radius 3 is 2.33 bits per heavy atom. The SMILES string of the molecule is CN(C)C(=O)c1cccc(Nc2c(NC(c3cccs3)C(F)(F)F)c(=O)c2=O)c1O. The van der Waals surface area contributed by atoms with Crippen molar-refractivity contribution >= 4 is 34.3 Å². The highest BCUT2D eigenvalue weighted by Gasteiger charge is 2.43. The van der Waals surface area contributed by atoms with Crippen molar-refractivity contribution in [3.8, 4) is 5.75 Å². The number of phenols is 1. The van der Waals surface area contributed by atoms with Gasteiger partial charge in [-0.25, -0.2) is 0 Å². The maximum absolute atomic E-state index is 13.5. The largest absolute Gasteiger partial charge is 0.505 e. The zero-order valence-corrected chi connectivity index (χ0v) is 16.5. The summed E-state index contributed by atoms with van der Waals surface area (Å²) in [4.78, 5) is 37.2. The molecule has 3 N–H and O–H groups in total. The van der Waals surface area contributed by atoms with Crippen molar-refractivity contribution in [2.75, 3.05) is 24.7 Å². The van der Waals surface area contributed by atoms with Crippen molar-refractivity contribution in [3.63, 3.8) is 0 Å². The molecule has 7 nitrogen and oxygen atoms in total. The second-order valence-corrected chi connectivity index (χ2v) is 7.55. The van der Waals surface area contributed by atoms with Gasteiger partial charge in [-0.15, -0.1) is 11.3 Å². The van der Waals surface area contributed by atoms with Crippen LogP contribution in [0.4, 0.5) is 30.2 Å². The van der Waals surface area contributed by atoms with E-state index in [9.17, 15) is 32.7 Å². The van der Waals surface area contributed by atoms with E-state index in [2.05, 4.69) is 10.6 Å². The van der Waals surface area contributed by atoms with Gasteiger partial charge in [-0.3, -0.25) is 14.4 Å². The van der Waals surface area contributed by atoms with Crippen LogP contribution in [0.1, 0.15) is 21.3 Å². The van der Waals surface area contributed by atoms with Crippen molar-refractivity contribution in [1.82, 2.24) is 4.90 Å². The average molecular weight is 439 g/mol. The lowest BCUT2D eigenvalue weighted by Crippen LogP contribution is -2.39. The number of phenolic OH excluding ortho intramolecular Hbond substituents is 1. The third-order valence-corrected chi connectivity index (χ3v) is 5.22. The van der Waals surface area contributed by atoms with Crippen LogP contribution in [0.2, 0.25) is 0 Å². The number of amides is 1. The molecule has 1 unspecified atom stereocenters. The normalized spacial score (nSPS) is 12.6. The molecule has 1 heterocycles. The molecule has 30 heavy (non-hydrogen) atoms. The van der Waals surface area contributed by atoms with Gasteiger partial charge in [0.15, 0.2) is 11.8 Å². The van der Waals surface area contributed by atoms with Gasteiger partial charge in [0.05, 0.1) is 11.3 Å². The monoisotopic (exact) mass is 439 g/mol. The molecule has 0 saturated heterocycles. The number of para-hydroxylation sites is 1. The Morgan fingerprint density at radius 2 is 1.77 bits per heavy atom. The van der Waals surface area contributed by atoms with Crippen molar-refractivity contribution in [1.29, 1.82) is 0 Å². The minimum Gasteiger partial charge on any atom is -0.505 e. The van der Waals surface area contributed by atoms with Crippen LogP contribution in [0, 0.1) is 0 Å². The van der Waals surface area contributed by atoms with Crippen LogP contribution >= 0.6 is 11.3 Å². The third-order valence-electron chi connectivity index (χ3n) is 4.29. The number of halogens is 3. The number of alkyl halides is 3. The number of carbonyl (C=O) groups is 1. The summed E-state index contributed by atoms with van der Waals surface area (Å²) >= 11 is 0.848. The van der Waals surface area contributed by atoms with Crippen LogP contribution in [0.25, 0.3) is 0 Å². The number of carbonyl (C=O) groups excluding carboxylic acids is 1. The average Bonchev–Trinajstić information content (AvgIpc) is 3.20. The summed E-state index contributed by atoms with van der Waals surface area (Å²) in [6.45, 7) is 0. The highest BCUT2D eigenvalue weighted by Crippen LogP contribution is 2.39. The van der Waals surface area contributed by atoms with Crippen LogP contribution in [-0.4, -0.2) is 36.2 Å². The molecule has 2 aromatic carbocycles. The predicted octanol–water partition coefficient (Wildman–Crippen LogP) is 3.21. The van der Waals surface area contributed by atoms with Gasteiger partial charge in [0.2, 0.25) is 0 Å². The number of hydrogen-bond acceptors (Lipinski definition) is 7. The van der Waals surface area contributed by atoms with E-state index < -0.39 is 46.1 Å². The van der Waals surface area contributed by atoms with Gasteiger partial charge in [0, 0.05) is 19.0 Å². The van der Waals surface area contributed by atoms with E-state index in [1.54, 1.807) is 0 Å². The molecule has 11 heteroatoms. The van der Waals surface area contributed by atoms with Gasteiger partial charge < -0.3 is 20.6 Å². The maximum Gasteiger partial charge on any atom is 0.413 e. The molecule has 0 bridgehead atoms. The van der Waals surface area contributed by atoms with Gasteiger partial charge in [0.25, 0.3) is 16.8 Å². The summed E-state index contributed by atoms with van der Waals surface area (Å²) in [5.41, 5.74) is -3.28. The van der Waals surface area contributed by atoms with Crippen molar-refractivity contribution < 1.29 is 23.1 Å². The molecular formula is C19H16F3N3O4S. The second-order valence-electron chi connectivity index (χ2n) is 6.57. The van der Waals surface area contributed by atoms with Crippen LogP contribution in [0.5, 0.6) is 5.75 Å². The molecule has 0 saturated carbocycles. The zero-order chi connectivity index (χ0) is 22.2. The van der Waals surface area contributed by atoms with Gasteiger partial charge >= 0.3 is 6.18 Å². The van der Waals surface area contributed by atoms with E-state index >= 15 is 0 Å². The van der Waals surface area contributed by atoms with E-state index in [0.29, 0.717) is 0 Å². The fourth-order valence-electron chi connectivity index (χ4n) is 2.76. The minimum atomic E-state index is -4.72. The van der Waals surface area contributed by atoms with Crippen molar-refractivity contribution in [3.05, 3.63) is 66.6 Å². The summed E-state index contributed by atoms with van der Waals surface area (Å²) in [5, 5.41) is 16.4. The molecule has 1 aromatic heterocycles. The number of nitrogens with zero attached hydrogens (tertiary/aromatic N) is 1. The van der Waals surface area contributed by atoms with Gasteiger partial charge in [0.1, 0.15) is 11.4 Å². The Hall–Kier alpha value is -3.34. The predicted molar refractivity (Wildman–Crippen MR) is 107 cm³/mol. The molecule has 3 aromatic rings. The van der Waals surface area contributed by atoms with E-state index in [1.807, 2.05) is 0 Å². The van der Waals surface area contributed by atoms with E-state index in [0.717, 1.165) is 11.3 Å². The van der Waals surface area contributed by atoms with Gasteiger partial charge in [-0.05, 0) is 23.6 Å². The first-order valence-electron chi connectivity index (χ1n) is 8.53. The number of nitrogens with one attached hydrogen (secondary N) is 2. The summed E-state index contributed by atoms with van der Waals surface area (Å²) in [6.07, 6.45) is -4.72. The number of thiophene rings is 1. The Labute approximate surface area is 172 Å². The Kier molecular flexibility index (Phi) is 5.57. The molecule has 0 aliphatic heterocycles. The number of anilines is 3. The summed E-state index contributed by atoms with van der Waals surface area (Å²) in [6, 6.07) is 4.60. The van der Waals surface area contributed by atoms with E-state index in [4.69, 9.17) is 0 Å². The second kappa shape index (κ2) is 7.82. The number of rotatable bonds is 6. The third kappa shape index (κ3) is 3.88. The molecule has 0 fully saturated rings. The smallest absolute Gasteiger partial charge is 0.413 e. The Morgan fingerprint density at radius 1 is 1.10 bits per heavy atom. The van der Waals surface area contributed by atoms with Crippen molar-refractivity contribution in [2.24, 2.45) is 0 Å². The first-order valence-corrected chi connectivity index (χ1v) is 9.41. The first-order chi connectivity index (χ1) is 14.0. The Bertz CT molecular complexity index is 1150. The zero-order valence-electron chi connectivity index (χ0n) is 15.7. The molecule has 1 amide bonds. The topological polar surface area (TPSA) is 98.7 Å². The molecule has 0 radical (unpaired) electrons. The Balaban J connectivity index is 1.95. The number of aromatic hydroxyl groups is 1. The van der Waals surface area contributed by atoms with E-state index in [-0.39, 0.29) is 16.1 Å². The first kappa shape index (κ1) is 21.4. The molecular weight excluding hydrogens is 423 g/mol. The molecule has 3 rings (SSSR count). The molecule has 0 aliphatic rings. The minimum absolute atomic E-state index is 0.0787. The van der Waals surface area contributed by atoms with E-state index in [1.165, 1.54) is 54.7 Å². The highest BCUT2D eigenvalue weighted by atomic mass is 32.1. The summed E-state index contributed by atoms with van der Waals surface area (Å²) in [7, 11) is 2.95. The summed E-state index contributed by atoms with van der Waals surface area (Å²) in [5.74, 6) is -1.02. The maximum atomic E-state index is 13.5. The molecule has 158 valence electrons.